The second-order valence-corrected chi connectivity index (χ2v) is 6.78. The zero-order chi connectivity index (χ0) is 18.4. The van der Waals surface area contributed by atoms with Crippen molar-refractivity contribution in [2.24, 2.45) is 5.92 Å². The summed E-state index contributed by atoms with van der Waals surface area (Å²) in [6, 6.07) is 5.50. The van der Waals surface area contributed by atoms with Crippen molar-refractivity contribution in [1.29, 1.82) is 0 Å². The summed E-state index contributed by atoms with van der Waals surface area (Å²) in [6.45, 7) is 4.65. The van der Waals surface area contributed by atoms with Gasteiger partial charge in [0.25, 0.3) is 5.91 Å². The highest BCUT2D eigenvalue weighted by atomic mass is 16.5. The minimum Gasteiger partial charge on any atom is -0.490 e. The first-order valence-electron chi connectivity index (χ1n) is 9.14. The van der Waals surface area contributed by atoms with Crippen molar-refractivity contribution in [3.05, 3.63) is 29.8 Å². The Morgan fingerprint density at radius 1 is 1.23 bits per heavy atom. The molecule has 2 aliphatic heterocycles. The number of benzene rings is 1. The standard InChI is InChI=1S/C20H25NO5/c1-15-4-2-9-21(13-15)19(22)14-26-20(23)8-6-16-5-7-17-18(12-16)25-11-3-10-24-17/h5-8,12,15H,2-4,9-11,13-14H2,1H3/b8-6+/t15-/m0/s1. The van der Waals surface area contributed by atoms with Gasteiger partial charge in [0.1, 0.15) is 0 Å². The second-order valence-electron chi connectivity index (χ2n) is 6.78. The van der Waals surface area contributed by atoms with Crippen LogP contribution in [0.4, 0.5) is 0 Å². The molecule has 1 amide bonds. The zero-order valence-electron chi connectivity index (χ0n) is 15.1. The van der Waals surface area contributed by atoms with E-state index in [0.717, 1.165) is 37.9 Å². The molecule has 0 bridgehead atoms. The van der Waals surface area contributed by atoms with Gasteiger partial charge in [0, 0.05) is 25.6 Å². The van der Waals surface area contributed by atoms with Crippen LogP contribution in [-0.2, 0) is 14.3 Å². The third kappa shape index (κ3) is 5.00. The Hall–Kier alpha value is -2.50. The van der Waals surface area contributed by atoms with E-state index < -0.39 is 5.97 Å². The number of hydrogen-bond acceptors (Lipinski definition) is 5. The van der Waals surface area contributed by atoms with E-state index in [1.54, 1.807) is 11.0 Å². The molecule has 2 aliphatic rings. The highest BCUT2D eigenvalue weighted by Gasteiger charge is 2.21. The van der Waals surface area contributed by atoms with E-state index in [2.05, 4.69) is 6.92 Å². The summed E-state index contributed by atoms with van der Waals surface area (Å²) in [6.07, 6.45) is 5.96. The normalized spacial score (nSPS) is 19.9. The topological polar surface area (TPSA) is 65.1 Å². The number of carbonyl (C=O) groups is 2. The van der Waals surface area contributed by atoms with Crippen LogP contribution in [0.25, 0.3) is 6.08 Å². The quantitative estimate of drug-likeness (QED) is 0.611. The van der Waals surface area contributed by atoms with Gasteiger partial charge < -0.3 is 19.1 Å². The first-order valence-corrected chi connectivity index (χ1v) is 9.14. The molecule has 1 aromatic carbocycles. The number of hydrogen-bond donors (Lipinski definition) is 0. The third-order valence-electron chi connectivity index (χ3n) is 4.53. The van der Waals surface area contributed by atoms with Gasteiger partial charge in [0.05, 0.1) is 13.2 Å². The summed E-state index contributed by atoms with van der Waals surface area (Å²) in [7, 11) is 0. The minimum atomic E-state index is -0.532. The molecule has 0 spiro atoms. The number of fused-ring (bicyclic) bond motifs is 1. The third-order valence-corrected chi connectivity index (χ3v) is 4.53. The predicted octanol–water partition coefficient (Wildman–Crippen LogP) is 2.66. The van der Waals surface area contributed by atoms with Gasteiger partial charge in [-0.3, -0.25) is 4.79 Å². The zero-order valence-corrected chi connectivity index (χ0v) is 15.1. The number of carbonyl (C=O) groups excluding carboxylic acids is 2. The van der Waals surface area contributed by atoms with Crippen molar-refractivity contribution >= 4 is 18.0 Å². The maximum atomic E-state index is 12.1. The highest BCUT2D eigenvalue weighted by Crippen LogP contribution is 2.30. The van der Waals surface area contributed by atoms with Crippen LogP contribution >= 0.6 is 0 Å². The van der Waals surface area contributed by atoms with Gasteiger partial charge in [0.15, 0.2) is 18.1 Å². The van der Waals surface area contributed by atoms with Gasteiger partial charge in [-0.1, -0.05) is 13.0 Å². The molecule has 1 aromatic rings. The average molecular weight is 359 g/mol. The van der Waals surface area contributed by atoms with Crippen molar-refractivity contribution in [3.8, 4) is 11.5 Å². The first kappa shape index (κ1) is 18.3. The molecular weight excluding hydrogens is 334 g/mol. The summed E-state index contributed by atoms with van der Waals surface area (Å²) in [5.41, 5.74) is 0.808. The minimum absolute atomic E-state index is 0.131. The Kier molecular flexibility index (Phi) is 6.15. The van der Waals surface area contributed by atoms with Crippen molar-refractivity contribution in [1.82, 2.24) is 4.90 Å². The number of piperidine rings is 1. The SMILES string of the molecule is C[C@H]1CCCN(C(=O)COC(=O)/C=C/c2ccc3c(c2)OCCCO3)C1. The molecule has 140 valence electrons. The molecule has 1 saturated heterocycles. The maximum Gasteiger partial charge on any atom is 0.331 e. The van der Waals surface area contributed by atoms with Gasteiger partial charge in [-0.15, -0.1) is 0 Å². The van der Waals surface area contributed by atoms with E-state index in [9.17, 15) is 9.59 Å². The molecule has 0 unspecified atom stereocenters. The fourth-order valence-electron chi connectivity index (χ4n) is 3.14. The maximum absolute atomic E-state index is 12.1. The van der Waals surface area contributed by atoms with Gasteiger partial charge in [-0.05, 0) is 42.5 Å². The van der Waals surface area contributed by atoms with Gasteiger partial charge in [-0.2, -0.15) is 0 Å². The predicted molar refractivity (Wildman–Crippen MR) is 97.0 cm³/mol. The molecular formula is C20H25NO5. The molecule has 6 heteroatoms. The van der Waals surface area contributed by atoms with Gasteiger partial charge in [0.2, 0.25) is 0 Å². The lowest BCUT2D eigenvalue weighted by Crippen LogP contribution is -2.41. The summed E-state index contributed by atoms with van der Waals surface area (Å²) in [5.74, 6) is 1.23. The number of likely N-dealkylation sites (tertiary alicyclic amines) is 1. The Morgan fingerprint density at radius 2 is 2.04 bits per heavy atom. The molecule has 0 aliphatic carbocycles. The Labute approximate surface area is 153 Å². The van der Waals surface area contributed by atoms with Crippen molar-refractivity contribution in [2.75, 3.05) is 32.9 Å². The lowest BCUT2D eigenvalue weighted by Gasteiger charge is -2.30. The molecule has 3 rings (SSSR count). The number of amides is 1. The lowest BCUT2D eigenvalue weighted by atomic mass is 10.0. The number of esters is 1. The lowest BCUT2D eigenvalue weighted by molar-refractivity contribution is -0.149. The van der Waals surface area contributed by atoms with Crippen LogP contribution in [0.1, 0.15) is 31.7 Å². The highest BCUT2D eigenvalue weighted by molar-refractivity contribution is 5.89. The summed E-state index contributed by atoms with van der Waals surface area (Å²) in [4.78, 5) is 25.8. The van der Waals surface area contributed by atoms with Crippen LogP contribution in [-0.4, -0.2) is 49.7 Å². The van der Waals surface area contributed by atoms with E-state index in [-0.39, 0.29) is 12.5 Å². The molecule has 0 saturated carbocycles. The fourth-order valence-corrected chi connectivity index (χ4v) is 3.14. The van der Waals surface area contributed by atoms with Gasteiger partial charge >= 0.3 is 5.97 Å². The summed E-state index contributed by atoms with van der Waals surface area (Å²) >= 11 is 0. The first-order chi connectivity index (χ1) is 12.6. The van der Waals surface area contributed by atoms with Crippen LogP contribution < -0.4 is 9.47 Å². The Bertz CT molecular complexity index is 685. The molecule has 0 radical (unpaired) electrons. The van der Waals surface area contributed by atoms with Crippen LogP contribution in [0.3, 0.4) is 0 Å². The summed E-state index contributed by atoms with van der Waals surface area (Å²) < 4.78 is 16.3. The van der Waals surface area contributed by atoms with E-state index in [1.165, 1.54) is 6.08 Å². The van der Waals surface area contributed by atoms with Crippen LogP contribution in [0, 0.1) is 5.92 Å². The smallest absolute Gasteiger partial charge is 0.331 e. The molecule has 26 heavy (non-hydrogen) atoms. The van der Waals surface area contributed by atoms with Crippen LogP contribution in [0.2, 0.25) is 0 Å². The van der Waals surface area contributed by atoms with E-state index in [4.69, 9.17) is 14.2 Å². The van der Waals surface area contributed by atoms with E-state index in [0.29, 0.717) is 30.6 Å². The number of ether oxygens (including phenoxy) is 3. The largest absolute Gasteiger partial charge is 0.490 e. The fraction of sp³-hybridized carbons (Fsp3) is 0.500. The number of nitrogens with zero attached hydrogens (tertiary/aromatic N) is 1. The molecule has 1 atom stereocenters. The summed E-state index contributed by atoms with van der Waals surface area (Å²) in [5, 5.41) is 0. The molecule has 1 fully saturated rings. The van der Waals surface area contributed by atoms with Crippen LogP contribution in [0.5, 0.6) is 11.5 Å². The average Bonchev–Trinajstić information content (AvgIpc) is 2.89. The molecule has 0 aromatic heterocycles. The van der Waals surface area contributed by atoms with E-state index >= 15 is 0 Å². The molecule has 0 N–H and O–H groups in total. The van der Waals surface area contributed by atoms with Crippen molar-refractivity contribution in [3.63, 3.8) is 0 Å². The van der Waals surface area contributed by atoms with Gasteiger partial charge in [-0.25, -0.2) is 4.79 Å². The molecule has 6 nitrogen and oxygen atoms in total. The van der Waals surface area contributed by atoms with Crippen LogP contribution in [0.15, 0.2) is 24.3 Å². The number of rotatable bonds is 4. The second kappa shape index (κ2) is 8.74. The van der Waals surface area contributed by atoms with Crippen molar-refractivity contribution < 1.29 is 23.8 Å². The van der Waals surface area contributed by atoms with Crippen molar-refractivity contribution in [2.45, 2.75) is 26.2 Å². The Morgan fingerprint density at radius 3 is 2.85 bits per heavy atom. The monoisotopic (exact) mass is 359 g/mol. The van der Waals surface area contributed by atoms with E-state index in [1.807, 2.05) is 18.2 Å². The molecule has 2 heterocycles. The Balaban J connectivity index is 1.50.